The van der Waals surface area contributed by atoms with Crippen molar-refractivity contribution in [1.82, 2.24) is 4.98 Å². The lowest BCUT2D eigenvalue weighted by Gasteiger charge is -2.15. The van der Waals surface area contributed by atoms with Crippen LogP contribution in [0, 0.1) is 6.92 Å². The van der Waals surface area contributed by atoms with Crippen molar-refractivity contribution in [2.24, 2.45) is 0 Å². The van der Waals surface area contributed by atoms with Gasteiger partial charge in [-0.2, -0.15) is 0 Å². The van der Waals surface area contributed by atoms with Crippen LogP contribution in [0.2, 0.25) is 0 Å². The van der Waals surface area contributed by atoms with Crippen molar-refractivity contribution >= 4 is 21.7 Å². The van der Waals surface area contributed by atoms with Gasteiger partial charge in [-0.1, -0.05) is 6.07 Å². The van der Waals surface area contributed by atoms with E-state index >= 15 is 0 Å². The number of fused-ring (bicyclic) bond motifs is 3. The van der Waals surface area contributed by atoms with Gasteiger partial charge in [0, 0.05) is 11.8 Å². The molecule has 142 valence electrons. The number of pyridine rings is 1. The van der Waals surface area contributed by atoms with Crippen molar-refractivity contribution in [3.63, 3.8) is 0 Å². The van der Waals surface area contributed by atoms with E-state index in [0.29, 0.717) is 50.4 Å². The summed E-state index contributed by atoms with van der Waals surface area (Å²) in [5.74, 6) is 2.04. The van der Waals surface area contributed by atoms with Gasteiger partial charge < -0.3 is 18.6 Å². The summed E-state index contributed by atoms with van der Waals surface area (Å²) in [6, 6.07) is 12.2. The Hall–Kier alpha value is -3.54. The topological polar surface area (TPSA) is 70.8 Å². The van der Waals surface area contributed by atoms with E-state index in [4.69, 9.17) is 18.6 Å². The molecule has 0 radical (unpaired) electrons. The predicted molar refractivity (Wildman–Crippen MR) is 108 cm³/mol. The number of ether oxygens (including phenoxy) is 3. The Morgan fingerprint density at radius 1 is 0.857 bits per heavy atom. The molecule has 0 spiro atoms. The van der Waals surface area contributed by atoms with E-state index in [2.05, 4.69) is 4.98 Å². The standard InChI is InChI=1S/C22H19NO5/c1-12-6-5-7-14(23-12)18-11-15(24)13-10-19(27-4)20-16(25-2)8-9-17(26-3)21(20)22(13)28-18/h5-11H,1-4H3. The van der Waals surface area contributed by atoms with Crippen LogP contribution in [0.4, 0.5) is 0 Å². The molecular formula is C22H19NO5. The summed E-state index contributed by atoms with van der Waals surface area (Å²) in [6.45, 7) is 1.89. The molecule has 0 aliphatic heterocycles. The highest BCUT2D eigenvalue weighted by Gasteiger charge is 2.20. The Kier molecular flexibility index (Phi) is 4.39. The van der Waals surface area contributed by atoms with Crippen molar-refractivity contribution < 1.29 is 18.6 Å². The molecule has 2 aromatic heterocycles. The fourth-order valence-electron chi connectivity index (χ4n) is 3.37. The normalized spacial score (nSPS) is 11.0. The van der Waals surface area contributed by atoms with Gasteiger partial charge in [0.05, 0.1) is 37.5 Å². The van der Waals surface area contributed by atoms with Crippen LogP contribution in [-0.2, 0) is 0 Å². The van der Waals surface area contributed by atoms with Crippen LogP contribution in [0.5, 0.6) is 17.2 Å². The van der Waals surface area contributed by atoms with Crippen molar-refractivity contribution in [3.8, 4) is 28.7 Å². The molecule has 0 amide bonds. The van der Waals surface area contributed by atoms with Gasteiger partial charge in [0.2, 0.25) is 0 Å². The number of benzene rings is 2. The van der Waals surface area contributed by atoms with E-state index in [-0.39, 0.29) is 5.43 Å². The molecule has 0 saturated carbocycles. The Bertz CT molecular complexity index is 1260. The first kappa shape index (κ1) is 17.9. The Morgan fingerprint density at radius 3 is 2.18 bits per heavy atom. The maximum atomic E-state index is 12.9. The Morgan fingerprint density at radius 2 is 1.54 bits per heavy atom. The predicted octanol–water partition coefficient (Wildman–Crippen LogP) is 4.34. The maximum absolute atomic E-state index is 12.9. The summed E-state index contributed by atoms with van der Waals surface area (Å²) >= 11 is 0. The van der Waals surface area contributed by atoms with Gasteiger partial charge >= 0.3 is 0 Å². The zero-order valence-electron chi connectivity index (χ0n) is 16.0. The zero-order valence-corrected chi connectivity index (χ0v) is 16.0. The highest BCUT2D eigenvalue weighted by molar-refractivity contribution is 6.13. The van der Waals surface area contributed by atoms with Crippen LogP contribution in [0.3, 0.4) is 0 Å². The molecule has 0 fully saturated rings. The number of methoxy groups -OCH3 is 3. The molecule has 4 aromatic rings. The molecular weight excluding hydrogens is 358 g/mol. The lowest BCUT2D eigenvalue weighted by atomic mass is 10.0. The second-order valence-electron chi connectivity index (χ2n) is 6.31. The van der Waals surface area contributed by atoms with Crippen LogP contribution in [0.15, 0.2) is 51.7 Å². The molecule has 0 atom stereocenters. The van der Waals surface area contributed by atoms with E-state index in [0.717, 1.165) is 5.69 Å². The average molecular weight is 377 g/mol. The van der Waals surface area contributed by atoms with Gasteiger partial charge in [-0.25, -0.2) is 4.98 Å². The van der Waals surface area contributed by atoms with E-state index < -0.39 is 0 Å². The third-order valence-electron chi connectivity index (χ3n) is 4.66. The zero-order chi connectivity index (χ0) is 19.8. The molecule has 0 aliphatic carbocycles. The minimum absolute atomic E-state index is 0.190. The van der Waals surface area contributed by atoms with Gasteiger partial charge in [-0.05, 0) is 37.3 Å². The number of aryl methyl sites for hydroxylation is 1. The first-order valence-electron chi connectivity index (χ1n) is 8.71. The minimum Gasteiger partial charge on any atom is -0.496 e. The third-order valence-corrected chi connectivity index (χ3v) is 4.66. The molecule has 0 aliphatic rings. The summed E-state index contributed by atoms with van der Waals surface area (Å²) in [5, 5.41) is 1.68. The molecule has 6 nitrogen and oxygen atoms in total. The largest absolute Gasteiger partial charge is 0.496 e. The molecule has 2 aromatic carbocycles. The molecule has 0 N–H and O–H groups in total. The Labute approximate surface area is 161 Å². The summed E-state index contributed by atoms with van der Waals surface area (Å²) in [4.78, 5) is 17.4. The average Bonchev–Trinajstić information content (AvgIpc) is 2.72. The molecule has 4 rings (SSSR count). The van der Waals surface area contributed by atoms with E-state index in [1.54, 1.807) is 45.6 Å². The van der Waals surface area contributed by atoms with Gasteiger partial charge in [0.25, 0.3) is 0 Å². The van der Waals surface area contributed by atoms with Crippen molar-refractivity contribution in [2.45, 2.75) is 6.92 Å². The van der Waals surface area contributed by atoms with Gasteiger partial charge in [0.1, 0.15) is 22.9 Å². The van der Waals surface area contributed by atoms with E-state index in [1.165, 1.54) is 6.07 Å². The number of aromatic nitrogens is 1. The summed E-state index contributed by atoms with van der Waals surface area (Å²) in [6.07, 6.45) is 0. The van der Waals surface area contributed by atoms with Crippen molar-refractivity contribution in [2.75, 3.05) is 21.3 Å². The molecule has 28 heavy (non-hydrogen) atoms. The Balaban J connectivity index is 2.19. The minimum atomic E-state index is -0.190. The lowest BCUT2D eigenvalue weighted by Crippen LogP contribution is -2.03. The summed E-state index contributed by atoms with van der Waals surface area (Å²) in [5.41, 5.74) is 1.63. The van der Waals surface area contributed by atoms with Crippen LogP contribution in [0.25, 0.3) is 33.2 Å². The quantitative estimate of drug-likeness (QED) is 0.493. The lowest BCUT2D eigenvalue weighted by molar-refractivity contribution is 0.400. The van der Waals surface area contributed by atoms with Gasteiger partial charge in [0.15, 0.2) is 16.8 Å². The summed E-state index contributed by atoms with van der Waals surface area (Å²) < 4.78 is 22.8. The van der Waals surface area contributed by atoms with E-state index in [1.807, 2.05) is 19.1 Å². The number of rotatable bonds is 4. The number of hydrogen-bond donors (Lipinski definition) is 0. The van der Waals surface area contributed by atoms with Crippen LogP contribution >= 0.6 is 0 Å². The fourth-order valence-corrected chi connectivity index (χ4v) is 3.37. The van der Waals surface area contributed by atoms with Crippen LogP contribution < -0.4 is 19.6 Å². The number of nitrogens with zero attached hydrogens (tertiary/aromatic N) is 1. The van der Waals surface area contributed by atoms with Crippen LogP contribution in [0.1, 0.15) is 5.69 Å². The first-order chi connectivity index (χ1) is 13.6. The highest BCUT2D eigenvalue weighted by atomic mass is 16.5. The van der Waals surface area contributed by atoms with E-state index in [9.17, 15) is 4.79 Å². The van der Waals surface area contributed by atoms with Gasteiger partial charge in [-0.3, -0.25) is 4.79 Å². The monoisotopic (exact) mass is 377 g/mol. The SMILES string of the molecule is COc1ccc(OC)c2c1c(OC)cc1c(=O)cc(-c3cccc(C)n3)oc12. The second kappa shape index (κ2) is 6.88. The molecule has 6 heteroatoms. The third kappa shape index (κ3) is 2.74. The molecule has 0 saturated heterocycles. The summed E-state index contributed by atoms with van der Waals surface area (Å²) in [7, 11) is 4.69. The molecule has 0 bridgehead atoms. The highest BCUT2D eigenvalue weighted by Crippen LogP contribution is 2.43. The van der Waals surface area contributed by atoms with Gasteiger partial charge in [-0.15, -0.1) is 0 Å². The number of hydrogen-bond acceptors (Lipinski definition) is 6. The maximum Gasteiger partial charge on any atom is 0.193 e. The van der Waals surface area contributed by atoms with Crippen molar-refractivity contribution in [3.05, 3.63) is 58.4 Å². The first-order valence-corrected chi connectivity index (χ1v) is 8.71. The molecule has 2 heterocycles. The smallest absolute Gasteiger partial charge is 0.193 e. The van der Waals surface area contributed by atoms with Crippen LogP contribution in [-0.4, -0.2) is 26.3 Å². The fraction of sp³-hybridized carbons (Fsp3) is 0.182. The second-order valence-corrected chi connectivity index (χ2v) is 6.31. The van der Waals surface area contributed by atoms with Crippen molar-refractivity contribution in [1.29, 1.82) is 0 Å². The molecule has 0 unspecified atom stereocenters.